The number of phenolic OH excluding ortho intramolecular Hbond substituents is 1. The van der Waals surface area contributed by atoms with E-state index in [-0.39, 0.29) is 24.2 Å². The smallest absolute Gasteiger partial charge is 0.163 e. The molecule has 2 aliphatic rings. The van der Waals surface area contributed by atoms with Gasteiger partial charge in [-0.3, -0.25) is 0 Å². The summed E-state index contributed by atoms with van der Waals surface area (Å²) in [5, 5.41) is 11.6. The maximum Gasteiger partial charge on any atom is 0.163 e. The molecule has 6 heteroatoms. The van der Waals surface area contributed by atoms with Gasteiger partial charge in [-0.25, -0.2) is 8.42 Å². The quantitative estimate of drug-likeness (QED) is 0.384. The number of rotatable bonds is 7. The fourth-order valence-electron chi connectivity index (χ4n) is 5.17. The molecule has 0 saturated carbocycles. The van der Waals surface area contributed by atoms with Crippen molar-refractivity contribution in [2.24, 2.45) is 0 Å². The van der Waals surface area contributed by atoms with Crippen LogP contribution in [0.1, 0.15) is 24.0 Å². The van der Waals surface area contributed by atoms with Crippen LogP contribution in [0.15, 0.2) is 77.9 Å². The molecular formula is C28H28O5S. The van der Waals surface area contributed by atoms with E-state index in [1.807, 2.05) is 48.5 Å². The van der Waals surface area contributed by atoms with Crippen molar-refractivity contribution >= 4 is 32.3 Å². The first-order chi connectivity index (χ1) is 16.5. The minimum absolute atomic E-state index is 0.0710. The van der Waals surface area contributed by atoms with Crippen molar-refractivity contribution < 1.29 is 23.0 Å². The van der Waals surface area contributed by atoms with Gasteiger partial charge < -0.3 is 14.6 Å². The molecule has 1 saturated heterocycles. The molecule has 3 aromatic carbocycles. The van der Waals surface area contributed by atoms with Gasteiger partial charge >= 0.3 is 0 Å². The average Bonchev–Trinajstić information content (AvgIpc) is 3.38. The molecule has 1 fully saturated rings. The second-order valence-corrected chi connectivity index (χ2v) is 11.1. The zero-order valence-electron chi connectivity index (χ0n) is 19.1. The van der Waals surface area contributed by atoms with Crippen LogP contribution in [-0.4, -0.2) is 51.0 Å². The van der Waals surface area contributed by atoms with Gasteiger partial charge in [-0.1, -0.05) is 66.7 Å². The van der Waals surface area contributed by atoms with Gasteiger partial charge in [-0.2, -0.15) is 0 Å². The molecule has 2 heterocycles. The Kier molecular flexibility index (Phi) is 6.30. The highest BCUT2D eigenvalue weighted by molar-refractivity contribution is 7.92. The van der Waals surface area contributed by atoms with Gasteiger partial charge in [0.25, 0.3) is 0 Å². The lowest BCUT2D eigenvalue weighted by atomic mass is 9.92. The Hall–Kier alpha value is -2.93. The van der Waals surface area contributed by atoms with E-state index >= 15 is 0 Å². The molecule has 0 bridgehead atoms. The van der Waals surface area contributed by atoms with Gasteiger partial charge in [0.2, 0.25) is 0 Å². The van der Waals surface area contributed by atoms with Gasteiger partial charge in [0.05, 0.1) is 25.1 Å². The zero-order valence-corrected chi connectivity index (χ0v) is 19.9. The topological polar surface area (TPSA) is 72.8 Å². The van der Waals surface area contributed by atoms with E-state index in [2.05, 4.69) is 18.2 Å². The maximum absolute atomic E-state index is 12.6. The Morgan fingerprint density at radius 2 is 1.79 bits per heavy atom. The molecule has 2 atom stereocenters. The first-order valence-electron chi connectivity index (χ1n) is 11.5. The average molecular weight is 477 g/mol. The number of sulfone groups is 1. The molecule has 5 nitrogen and oxygen atoms in total. The zero-order chi connectivity index (χ0) is 23.7. The highest BCUT2D eigenvalue weighted by Gasteiger charge is 2.46. The van der Waals surface area contributed by atoms with Gasteiger partial charge in [0.15, 0.2) is 9.84 Å². The summed E-state index contributed by atoms with van der Waals surface area (Å²) in [4.78, 5) is 0. The summed E-state index contributed by atoms with van der Waals surface area (Å²) in [6, 6.07) is 21.7. The summed E-state index contributed by atoms with van der Waals surface area (Å²) in [5.74, 6) is 0.334. The third-order valence-corrected chi connectivity index (χ3v) is 8.77. The number of fused-ring (bicyclic) bond motifs is 2. The van der Waals surface area contributed by atoms with E-state index < -0.39 is 15.1 Å². The second kappa shape index (κ2) is 9.37. The van der Waals surface area contributed by atoms with Gasteiger partial charge in [0.1, 0.15) is 11.0 Å². The van der Waals surface area contributed by atoms with Crippen LogP contribution in [0, 0.1) is 0 Å². The SMILES string of the molecule is COCC1=C2[C@@H](CC/C(=C/c3ccc(O)c4ccccc34)c3ccccc3)OC[C@@H]2S(=O)(=O)C1. The number of ether oxygens (including phenoxy) is 2. The number of aromatic hydroxyl groups is 1. The molecule has 5 rings (SSSR count). The fraction of sp³-hybridized carbons (Fsp3) is 0.286. The molecule has 0 radical (unpaired) electrons. The number of methoxy groups -OCH3 is 1. The fourth-order valence-corrected chi connectivity index (χ4v) is 7.09. The van der Waals surface area contributed by atoms with Crippen molar-refractivity contribution in [2.45, 2.75) is 24.2 Å². The first kappa shape index (κ1) is 22.8. The Morgan fingerprint density at radius 1 is 1.06 bits per heavy atom. The Balaban J connectivity index is 1.49. The van der Waals surface area contributed by atoms with Crippen LogP contribution >= 0.6 is 0 Å². The number of hydrogen-bond donors (Lipinski definition) is 1. The first-order valence-corrected chi connectivity index (χ1v) is 13.2. The van der Waals surface area contributed by atoms with Crippen molar-refractivity contribution in [1.29, 1.82) is 0 Å². The van der Waals surface area contributed by atoms with Crippen LogP contribution in [0.3, 0.4) is 0 Å². The highest BCUT2D eigenvalue weighted by Crippen LogP contribution is 2.39. The maximum atomic E-state index is 12.6. The summed E-state index contributed by atoms with van der Waals surface area (Å²) in [5.41, 5.74) is 5.03. The largest absolute Gasteiger partial charge is 0.507 e. The van der Waals surface area contributed by atoms with Crippen LogP contribution in [0.4, 0.5) is 0 Å². The van der Waals surface area contributed by atoms with Crippen molar-refractivity contribution in [3.8, 4) is 5.75 Å². The standard InChI is InChI=1S/C28H28O5S/c1-32-16-22-18-34(30,31)27-17-33-26(28(22)27)14-12-20(19-7-3-2-4-8-19)15-21-11-13-25(29)24-10-6-5-9-23(21)24/h2-11,13,15,26-27,29H,12,14,16-18H2,1H3/b20-15-/t26-,27+/m1/s1. The van der Waals surface area contributed by atoms with E-state index in [0.29, 0.717) is 13.0 Å². The third kappa shape index (κ3) is 4.29. The molecule has 0 unspecified atom stereocenters. The van der Waals surface area contributed by atoms with Gasteiger partial charge in [0, 0.05) is 12.5 Å². The molecular weight excluding hydrogens is 448 g/mol. The van der Waals surface area contributed by atoms with Gasteiger partial charge in [-0.05, 0) is 52.1 Å². The van der Waals surface area contributed by atoms with E-state index in [4.69, 9.17) is 9.47 Å². The molecule has 0 aliphatic carbocycles. The number of allylic oxidation sites excluding steroid dienone is 1. The van der Waals surface area contributed by atoms with Crippen LogP contribution in [-0.2, 0) is 19.3 Å². The molecule has 3 aromatic rings. The van der Waals surface area contributed by atoms with E-state index in [0.717, 1.165) is 45.0 Å². The van der Waals surface area contributed by atoms with Crippen LogP contribution in [0.25, 0.3) is 22.4 Å². The predicted molar refractivity (Wildman–Crippen MR) is 135 cm³/mol. The number of benzene rings is 3. The molecule has 176 valence electrons. The van der Waals surface area contributed by atoms with E-state index in [1.54, 1.807) is 13.2 Å². The minimum Gasteiger partial charge on any atom is -0.507 e. The molecule has 0 spiro atoms. The summed E-state index contributed by atoms with van der Waals surface area (Å²) in [6.07, 6.45) is 3.35. The highest BCUT2D eigenvalue weighted by atomic mass is 32.2. The second-order valence-electron chi connectivity index (χ2n) is 8.90. The number of hydrogen-bond acceptors (Lipinski definition) is 5. The Labute approximate surface area is 200 Å². The predicted octanol–water partition coefficient (Wildman–Crippen LogP) is 5.01. The monoisotopic (exact) mass is 476 g/mol. The number of phenols is 1. The lowest BCUT2D eigenvalue weighted by molar-refractivity contribution is 0.118. The van der Waals surface area contributed by atoms with Crippen molar-refractivity contribution in [2.75, 3.05) is 26.1 Å². The normalized spacial score (nSPS) is 21.9. The molecule has 0 aromatic heterocycles. The Bertz CT molecular complexity index is 1370. The minimum atomic E-state index is -3.21. The van der Waals surface area contributed by atoms with Crippen LogP contribution in [0.5, 0.6) is 5.75 Å². The third-order valence-electron chi connectivity index (χ3n) is 6.76. The summed E-state index contributed by atoms with van der Waals surface area (Å²) < 4.78 is 36.5. The van der Waals surface area contributed by atoms with Crippen LogP contribution in [0.2, 0.25) is 0 Å². The lowest BCUT2D eigenvalue weighted by Gasteiger charge is -2.16. The van der Waals surface area contributed by atoms with E-state index in [1.165, 1.54) is 0 Å². The molecule has 0 amide bonds. The van der Waals surface area contributed by atoms with E-state index in [9.17, 15) is 13.5 Å². The van der Waals surface area contributed by atoms with Crippen molar-refractivity contribution in [3.05, 3.63) is 89.0 Å². The molecule has 2 aliphatic heterocycles. The van der Waals surface area contributed by atoms with Gasteiger partial charge in [-0.15, -0.1) is 0 Å². The lowest BCUT2D eigenvalue weighted by Crippen LogP contribution is -2.19. The summed E-state index contributed by atoms with van der Waals surface area (Å²) >= 11 is 0. The van der Waals surface area contributed by atoms with Crippen molar-refractivity contribution in [1.82, 2.24) is 0 Å². The Morgan fingerprint density at radius 3 is 2.56 bits per heavy atom. The van der Waals surface area contributed by atoms with Crippen molar-refractivity contribution in [3.63, 3.8) is 0 Å². The summed E-state index contributed by atoms with van der Waals surface area (Å²) in [6.45, 7) is 0.550. The van der Waals surface area contributed by atoms with Crippen LogP contribution < -0.4 is 0 Å². The molecule has 34 heavy (non-hydrogen) atoms. The summed E-state index contributed by atoms with van der Waals surface area (Å²) in [7, 11) is -1.62. The molecule has 1 N–H and O–H groups in total.